The Labute approximate surface area is 168 Å². The van der Waals surface area contributed by atoms with Crippen molar-refractivity contribution in [2.45, 2.75) is 12.6 Å². The van der Waals surface area contributed by atoms with Crippen LogP contribution in [0.15, 0.2) is 65.6 Å². The van der Waals surface area contributed by atoms with E-state index in [1.54, 1.807) is 6.07 Å². The fourth-order valence-corrected chi connectivity index (χ4v) is 3.16. The Hall–Kier alpha value is -2.96. The molecule has 0 radical (unpaired) electrons. The van der Waals surface area contributed by atoms with Crippen LogP contribution < -0.4 is 10.9 Å². The molecular weight excluding hydrogens is 376 g/mol. The highest BCUT2D eigenvalue weighted by atomic mass is 35.5. The van der Waals surface area contributed by atoms with Crippen molar-refractivity contribution in [3.8, 4) is 0 Å². The van der Waals surface area contributed by atoms with Gasteiger partial charge >= 0.3 is 0 Å². The second kappa shape index (κ2) is 8.82. The summed E-state index contributed by atoms with van der Waals surface area (Å²) in [5, 5.41) is 3.26. The maximum absolute atomic E-state index is 12.5. The molecule has 0 saturated carbocycles. The standard InChI is InChI=1S/C21H21ClN4O2/c1-26(2)18(14-8-4-3-5-9-14)19-23-13-16(21(28)25-19)20(27)24-12-15-10-6-7-11-17(15)22/h3-11,13,18H,12H2,1-2H3,(H,24,27)(H,23,25,28). The Bertz CT molecular complexity index is 1020. The summed E-state index contributed by atoms with van der Waals surface area (Å²) < 4.78 is 0. The molecule has 144 valence electrons. The number of benzene rings is 2. The van der Waals surface area contributed by atoms with Crippen molar-refractivity contribution in [1.82, 2.24) is 20.2 Å². The molecule has 6 nitrogen and oxygen atoms in total. The number of hydrogen-bond donors (Lipinski definition) is 2. The molecule has 0 aliphatic carbocycles. The summed E-state index contributed by atoms with van der Waals surface area (Å²) in [6.45, 7) is 0.226. The Balaban J connectivity index is 1.80. The van der Waals surface area contributed by atoms with Crippen molar-refractivity contribution >= 4 is 17.5 Å². The lowest BCUT2D eigenvalue weighted by Gasteiger charge is -2.23. The molecular formula is C21H21ClN4O2. The van der Waals surface area contributed by atoms with Crippen LogP contribution in [0.1, 0.15) is 33.4 Å². The number of aromatic amines is 1. The molecule has 2 aromatic carbocycles. The summed E-state index contributed by atoms with van der Waals surface area (Å²) in [6, 6.07) is 16.7. The van der Waals surface area contributed by atoms with Gasteiger partial charge in [0.05, 0.1) is 6.04 Å². The molecule has 1 amide bonds. The SMILES string of the molecule is CN(C)C(c1ccccc1)c1ncc(C(=O)NCc2ccccc2Cl)c(=O)[nH]1. The normalized spacial score (nSPS) is 12.0. The summed E-state index contributed by atoms with van der Waals surface area (Å²) in [4.78, 5) is 34.0. The van der Waals surface area contributed by atoms with Gasteiger partial charge < -0.3 is 10.3 Å². The molecule has 0 aliphatic heterocycles. The third kappa shape index (κ3) is 4.47. The molecule has 0 spiro atoms. The summed E-state index contributed by atoms with van der Waals surface area (Å²) in [5.41, 5.74) is 1.24. The van der Waals surface area contributed by atoms with Crippen molar-refractivity contribution in [3.05, 3.63) is 98.7 Å². The van der Waals surface area contributed by atoms with Crippen LogP contribution in [0.3, 0.4) is 0 Å². The van der Waals surface area contributed by atoms with Crippen molar-refractivity contribution in [3.63, 3.8) is 0 Å². The van der Waals surface area contributed by atoms with Gasteiger partial charge in [-0.1, -0.05) is 60.1 Å². The zero-order valence-corrected chi connectivity index (χ0v) is 16.4. The third-order valence-corrected chi connectivity index (χ3v) is 4.72. The van der Waals surface area contributed by atoms with Crippen LogP contribution in [0.4, 0.5) is 0 Å². The zero-order valence-electron chi connectivity index (χ0n) is 15.6. The Morgan fingerprint density at radius 2 is 1.82 bits per heavy atom. The van der Waals surface area contributed by atoms with E-state index in [2.05, 4.69) is 15.3 Å². The van der Waals surface area contributed by atoms with Crippen molar-refractivity contribution < 1.29 is 4.79 Å². The fourth-order valence-electron chi connectivity index (χ4n) is 2.96. The minimum absolute atomic E-state index is 0.0404. The average Bonchev–Trinajstić information content (AvgIpc) is 2.68. The first-order chi connectivity index (χ1) is 13.5. The van der Waals surface area contributed by atoms with Gasteiger partial charge in [0.25, 0.3) is 11.5 Å². The van der Waals surface area contributed by atoms with E-state index in [1.165, 1.54) is 6.20 Å². The molecule has 0 bridgehead atoms. The highest BCUT2D eigenvalue weighted by Gasteiger charge is 2.21. The summed E-state index contributed by atoms with van der Waals surface area (Å²) in [6.07, 6.45) is 1.32. The average molecular weight is 397 g/mol. The van der Waals surface area contributed by atoms with Crippen LogP contribution >= 0.6 is 11.6 Å². The Morgan fingerprint density at radius 3 is 2.46 bits per heavy atom. The number of H-pyrrole nitrogens is 1. The van der Waals surface area contributed by atoms with Gasteiger partial charge in [0, 0.05) is 17.8 Å². The number of carbonyl (C=O) groups excluding carboxylic acids is 1. The van der Waals surface area contributed by atoms with Crippen molar-refractivity contribution in [2.24, 2.45) is 0 Å². The molecule has 7 heteroatoms. The van der Waals surface area contributed by atoms with Crippen LogP contribution in [0.5, 0.6) is 0 Å². The van der Waals surface area contributed by atoms with Gasteiger partial charge in [-0.25, -0.2) is 4.98 Å². The van der Waals surface area contributed by atoms with E-state index >= 15 is 0 Å². The lowest BCUT2D eigenvalue weighted by atomic mass is 10.1. The van der Waals surface area contributed by atoms with Crippen molar-refractivity contribution in [2.75, 3.05) is 14.1 Å². The summed E-state index contributed by atoms with van der Waals surface area (Å²) in [5.74, 6) is -0.0230. The van der Waals surface area contributed by atoms with E-state index < -0.39 is 11.5 Å². The summed E-state index contributed by atoms with van der Waals surface area (Å²) in [7, 11) is 3.81. The number of aromatic nitrogens is 2. The molecule has 2 N–H and O–H groups in total. The monoisotopic (exact) mass is 396 g/mol. The van der Waals surface area contributed by atoms with Gasteiger partial charge in [-0.15, -0.1) is 0 Å². The lowest BCUT2D eigenvalue weighted by Crippen LogP contribution is -2.32. The quantitative estimate of drug-likeness (QED) is 0.671. The number of hydrogen-bond acceptors (Lipinski definition) is 4. The first kappa shape index (κ1) is 19.8. The lowest BCUT2D eigenvalue weighted by molar-refractivity contribution is 0.0949. The number of amides is 1. The van der Waals surface area contributed by atoms with Gasteiger partial charge in [-0.2, -0.15) is 0 Å². The molecule has 1 atom stereocenters. The Morgan fingerprint density at radius 1 is 1.14 bits per heavy atom. The maximum atomic E-state index is 12.5. The number of nitrogens with one attached hydrogen (secondary N) is 2. The van der Waals surface area contributed by atoms with E-state index in [1.807, 2.05) is 67.5 Å². The van der Waals surface area contributed by atoms with Crippen LogP contribution in [0.2, 0.25) is 5.02 Å². The van der Waals surface area contributed by atoms with E-state index in [9.17, 15) is 9.59 Å². The smallest absolute Gasteiger partial charge is 0.263 e. The van der Waals surface area contributed by atoms with Gasteiger partial charge in [-0.3, -0.25) is 14.5 Å². The minimum atomic E-state index is -0.499. The molecule has 0 aliphatic rings. The molecule has 1 aromatic heterocycles. The predicted molar refractivity (Wildman–Crippen MR) is 109 cm³/mol. The van der Waals surface area contributed by atoms with E-state index in [0.29, 0.717) is 10.8 Å². The molecule has 3 rings (SSSR count). The molecule has 1 heterocycles. The molecule has 3 aromatic rings. The molecule has 28 heavy (non-hydrogen) atoms. The van der Waals surface area contributed by atoms with Crippen molar-refractivity contribution in [1.29, 1.82) is 0 Å². The van der Waals surface area contributed by atoms with Gasteiger partial charge in [0.2, 0.25) is 0 Å². The first-order valence-electron chi connectivity index (χ1n) is 8.79. The number of nitrogens with zero attached hydrogens (tertiary/aromatic N) is 2. The van der Waals surface area contributed by atoms with Crippen LogP contribution in [0, 0.1) is 0 Å². The first-order valence-corrected chi connectivity index (χ1v) is 9.17. The molecule has 0 saturated heterocycles. The van der Waals surface area contributed by atoms with Gasteiger partial charge in [0.1, 0.15) is 11.4 Å². The fraction of sp³-hybridized carbons (Fsp3) is 0.190. The highest BCUT2D eigenvalue weighted by molar-refractivity contribution is 6.31. The zero-order chi connectivity index (χ0) is 20.1. The van der Waals surface area contributed by atoms with E-state index in [4.69, 9.17) is 11.6 Å². The van der Waals surface area contributed by atoms with Crippen LogP contribution in [-0.4, -0.2) is 34.9 Å². The number of halogens is 1. The van der Waals surface area contributed by atoms with E-state index in [-0.39, 0.29) is 18.2 Å². The largest absolute Gasteiger partial charge is 0.348 e. The third-order valence-electron chi connectivity index (χ3n) is 4.35. The second-order valence-corrected chi connectivity index (χ2v) is 6.97. The minimum Gasteiger partial charge on any atom is -0.348 e. The van der Waals surface area contributed by atoms with Crippen LogP contribution in [-0.2, 0) is 6.54 Å². The predicted octanol–water partition coefficient (Wildman–Crippen LogP) is 3.00. The number of rotatable bonds is 6. The maximum Gasteiger partial charge on any atom is 0.263 e. The molecule has 1 unspecified atom stereocenters. The second-order valence-electron chi connectivity index (χ2n) is 6.56. The summed E-state index contributed by atoms with van der Waals surface area (Å²) >= 11 is 6.09. The van der Waals surface area contributed by atoms with Gasteiger partial charge in [0.15, 0.2) is 0 Å². The topological polar surface area (TPSA) is 78.1 Å². The van der Waals surface area contributed by atoms with Gasteiger partial charge in [-0.05, 0) is 31.3 Å². The highest BCUT2D eigenvalue weighted by Crippen LogP contribution is 2.22. The molecule has 0 fully saturated rings. The Kier molecular flexibility index (Phi) is 6.23. The van der Waals surface area contributed by atoms with E-state index in [0.717, 1.165) is 11.1 Å². The number of carbonyl (C=O) groups is 1. The van der Waals surface area contributed by atoms with Crippen LogP contribution in [0.25, 0.3) is 0 Å².